The topological polar surface area (TPSA) is 12.0 Å². The fourth-order valence-electron chi connectivity index (χ4n) is 1.44. The van der Waals surface area contributed by atoms with Gasteiger partial charge in [-0.25, -0.2) is 0 Å². The Morgan fingerprint density at radius 3 is 2.12 bits per heavy atom. The van der Waals surface area contributed by atoms with Crippen molar-refractivity contribution in [2.75, 3.05) is 17.6 Å². The zero-order chi connectivity index (χ0) is 11.1. The smallest absolute Gasteiger partial charge is 0.0340 e. The number of rotatable bonds is 5. The fourth-order valence-corrected chi connectivity index (χ4v) is 2.23. The van der Waals surface area contributed by atoms with Gasteiger partial charge in [0.15, 0.2) is 0 Å². The van der Waals surface area contributed by atoms with E-state index in [0.29, 0.717) is 0 Å². The van der Waals surface area contributed by atoms with Gasteiger partial charge in [0.25, 0.3) is 0 Å². The van der Waals surface area contributed by atoms with Gasteiger partial charge >= 0.3 is 0 Å². The first-order valence-electron chi connectivity index (χ1n) is 5.42. The lowest BCUT2D eigenvalue weighted by Crippen LogP contribution is -2.03. The molecule has 2 rings (SSSR count). The van der Waals surface area contributed by atoms with Gasteiger partial charge in [0.05, 0.1) is 0 Å². The normalized spacial score (nSPS) is 10.0. The monoisotopic (exact) mass is 229 g/mol. The summed E-state index contributed by atoms with van der Waals surface area (Å²) >= 11 is 1.88. The molecule has 0 aliphatic carbocycles. The summed E-state index contributed by atoms with van der Waals surface area (Å²) in [5, 5.41) is 3.39. The van der Waals surface area contributed by atoms with E-state index in [1.165, 1.54) is 10.6 Å². The minimum absolute atomic E-state index is 0.990. The fraction of sp³-hybridized carbons (Fsp3) is 0.143. The first-order chi connectivity index (χ1) is 7.95. The van der Waals surface area contributed by atoms with Gasteiger partial charge in [-0.1, -0.05) is 36.4 Å². The van der Waals surface area contributed by atoms with E-state index in [1.54, 1.807) is 0 Å². The van der Waals surface area contributed by atoms with Crippen molar-refractivity contribution < 1.29 is 0 Å². The molecule has 82 valence electrons. The number of anilines is 1. The lowest BCUT2D eigenvalue weighted by atomic mass is 10.3. The average Bonchev–Trinajstić information content (AvgIpc) is 2.37. The maximum absolute atomic E-state index is 3.39. The highest BCUT2D eigenvalue weighted by molar-refractivity contribution is 7.99. The van der Waals surface area contributed by atoms with Crippen LogP contribution in [-0.4, -0.2) is 12.3 Å². The highest BCUT2D eigenvalue weighted by Gasteiger charge is 1.92. The SMILES string of the molecule is c1ccc(NCCSc2ccccc2)cc1. The molecule has 2 aromatic carbocycles. The Labute approximate surface area is 101 Å². The number of para-hydroxylation sites is 1. The predicted octanol–water partition coefficient (Wildman–Crippen LogP) is 3.89. The molecule has 0 radical (unpaired) electrons. The van der Waals surface area contributed by atoms with E-state index in [-0.39, 0.29) is 0 Å². The Morgan fingerprint density at radius 1 is 0.812 bits per heavy atom. The standard InChI is InChI=1S/C14H15NS/c1-3-7-13(8-4-1)15-11-12-16-14-9-5-2-6-10-14/h1-10,15H,11-12H2. The summed E-state index contributed by atoms with van der Waals surface area (Å²) < 4.78 is 0. The van der Waals surface area contributed by atoms with E-state index < -0.39 is 0 Å². The number of benzene rings is 2. The quantitative estimate of drug-likeness (QED) is 0.616. The molecule has 2 aromatic rings. The minimum atomic E-state index is 0.990. The Bertz CT molecular complexity index is 358. The third kappa shape index (κ3) is 3.63. The van der Waals surface area contributed by atoms with Crippen molar-refractivity contribution in [2.24, 2.45) is 0 Å². The molecule has 2 heteroatoms. The largest absolute Gasteiger partial charge is 0.384 e. The van der Waals surface area contributed by atoms with Crippen LogP contribution in [0.4, 0.5) is 5.69 Å². The lowest BCUT2D eigenvalue weighted by molar-refractivity contribution is 1.22. The van der Waals surface area contributed by atoms with Gasteiger partial charge in [-0.2, -0.15) is 0 Å². The Hall–Kier alpha value is -1.41. The van der Waals surface area contributed by atoms with Crippen molar-refractivity contribution in [1.29, 1.82) is 0 Å². The molecule has 0 atom stereocenters. The van der Waals surface area contributed by atoms with Crippen LogP contribution in [0, 0.1) is 0 Å². The van der Waals surface area contributed by atoms with Gasteiger partial charge in [0.2, 0.25) is 0 Å². The van der Waals surface area contributed by atoms with Crippen LogP contribution in [0.1, 0.15) is 0 Å². The summed E-state index contributed by atoms with van der Waals surface area (Å²) in [5.74, 6) is 1.08. The van der Waals surface area contributed by atoms with Crippen LogP contribution in [0.5, 0.6) is 0 Å². The zero-order valence-electron chi connectivity index (χ0n) is 9.10. The van der Waals surface area contributed by atoms with Crippen molar-refractivity contribution in [3.63, 3.8) is 0 Å². The van der Waals surface area contributed by atoms with E-state index in [4.69, 9.17) is 0 Å². The van der Waals surface area contributed by atoms with E-state index in [0.717, 1.165) is 12.3 Å². The van der Waals surface area contributed by atoms with Crippen molar-refractivity contribution in [1.82, 2.24) is 0 Å². The van der Waals surface area contributed by atoms with Crippen molar-refractivity contribution >= 4 is 17.4 Å². The summed E-state index contributed by atoms with van der Waals surface area (Å²) in [4.78, 5) is 1.33. The molecule has 0 bridgehead atoms. The molecular formula is C14H15NS. The van der Waals surface area contributed by atoms with Crippen molar-refractivity contribution in [3.8, 4) is 0 Å². The Balaban J connectivity index is 1.70. The summed E-state index contributed by atoms with van der Waals surface area (Å²) in [6.07, 6.45) is 0. The highest BCUT2D eigenvalue weighted by Crippen LogP contribution is 2.16. The Kier molecular flexibility index (Phi) is 4.32. The molecule has 0 unspecified atom stereocenters. The molecule has 0 spiro atoms. The molecule has 0 heterocycles. The first-order valence-corrected chi connectivity index (χ1v) is 6.40. The molecule has 0 aliphatic rings. The summed E-state index contributed by atoms with van der Waals surface area (Å²) in [6, 6.07) is 20.8. The molecule has 0 saturated heterocycles. The number of nitrogens with one attached hydrogen (secondary N) is 1. The van der Waals surface area contributed by atoms with Gasteiger partial charge < -0.3 is 5.32 Å². The van der Waals surface area contributed by atoms with Gasteiger partial charge in [0.1, 0.15) is 0 Å². The van der Waals surface area contributed by atoms with E-state index in [1.807, 2.05) is 36.0 Å². The second-order valence-corrected chi connectivity index (χ2v) is 4.62. The maximum atomic E-state index is 3.39. The van der Waals surface area contributed by atoms with E-state index >= 15 is 0 Å². The van der Waals surface area contributed by atoms with Crippen molar-refractivity contribution in [3.05, 3.63) is 60.7 Å². The van der Waals surface area contributed by atoms with Crippen LogP contribution in [0.2, 0.25) is 0 Å². The van der Waals surface area contributed by atoms with Gasteiger partial charge in [0, 0.05) is 22.9 Å². The molecule has 16 heavy (non-hydrogen) atoms. The molecular weight excluding hydrogens is 214 g/mol. The predicted molar refractivity (Wildman–Crippen MR) is 72.1 cm³/mol. The number of hydrogen-bond acceptors (Lipinski definition) is 2. The van der Waals surface area contributed by atoms with Gasteiger partial charge in [-0.15, -0.1) is 11.8 Å². The van der Waals surface area contributed by atoms with Crippen LogP contribution < -0.4 is 5.32 Å². The van der Waals surface area contributed by atoms with Crippen LogP contribution in [-0.2, 0) is 0 Å². The number of thioether (sulfide) groups is 1. The third-order valence-corrected chi connectivity index (χ3v) is 3.23. The Morgan fingerprint density at radius 2 is 1.44 bits per heavy atom. The molecule has 1 N–H and O–H groups in total. The maximum Gasteiger partial charge on any atom is 0.0340 e. The molecule has 0 aliphatic heterocycles. The van der Waals surface area contributed by atoms with E-state index in [9.17, 15) is 0 Å². The lowest BCUT2D eigenvalue weighted by Gasteiger charge is -2.05. The molecule has 0 aromatic heterocycles. The highest BCUT2D eigenvalue weighted by atomic mass is 32.2. The first kappa shape index (κ1) is 11.1. The number of hydrogen-bond donors (Lipinski definition) is 1. The minimum Gasteiger partial charge on any atom is -0.384 e. The third-order valence-electron chi connectivity index (χ3n) is 2.22. The van der Waals surface area contributed by atoms with Gasteiger partial charge in [-0.05, 0) is 24.3 Å². The van der Waals surface area contributed by atoms with Gasteiger partial charge in [-0.3, -0.25) is 0 Å². The zero-order valence-corrected chi connectivity index (χ0v) is 9.91. The van der Waals surface area contributed by atoms with Crippen LogP contribution in [0.15, 0.2) is 65.6 Å². The molecule has 0 saturated carbocycles. The second kappa shape index (κ2) is 6.23. The van der Waals surface area contributed by atoms with E-state index in [2.05, 4.69) is 41.7 Å². The average molecular weight is 229 g/mol. The molecule has 0 fully saturated rings. The van der Waals surface area contributed by atoms with Crippen molar-refractivity contribution in [2.45, 2.75) is 4.90 Å². The van der Waals surface area contributed by atoms with Crippen LogP contribution in [0.25, 0.3) is 0 Å². The summed E-state index contributed by atoms with van der Waals surface area (Å²) in [7, 11) is 0. The van der Waals surface area contributed by atoms with Crippen LogP contribution >= 0.6 is 11.8 Å². The summed E-state index contributed by atoms with van der Waals surface area (Å²) in [5.41, 5.74) is 1.19. The summed E-state index contributed by atoms with van der Waals surface area (Å²) in [6.45, 7) is 0.990. The molecule has 0 amide bonds. The molecule has 1 nitrogen and oxygen atoms in total. The van der Waals surface area contributed by atoms with Crippen LogP contribution in [0.3, 0.4) is 0 Å². The second-order valence-electron chi connectivity index (χ2n) is 3.45.